The van der Waals surface area contributed by atoms with Gasteiger partial charge in [0.15, 0.2) is 0 Å². The number of rotatable bonds is 5. The predicted molar refractivity (Wildman–Crippen MR) is 132 cm³/mol. The highest BCUT2D eigenvalue weighted by Crippen LogP contribution is 2.35. The molecule has 0 spiro atoms. The number of aliphatic imine (C=N–C) groups is 1. The number of phenols is 1. The van der Waals surface area contributed by atoms with Crippen LogP contribution in [-0.2, 0) is 17.6 Å². The van der Waals surface area contributed by atoms with Crippen LogP contribution in [0.1, 0.15) is 68.1 Å². The molecule has 0 radical (unpaired) electrons. The Morgan fingerprint density at radius 1 is 1.06 bits per heavy atom. The SMILES string of the molecule is O=C(Cc1ccc(F)cc1)NC1=NC2=C(NC1CCC1CCCCC1)c1ccc(O)cc1CC2. The Bertz CT molecular complexity index is 1120. The van der Waals surface area contributed by atoms with Crippen LogP contribution in [0.25, 0.3) is 5.70 Å². The first-order valence-electron chi connectivity index (χ1n) is 12.5. The van der Waals surface area contributed by atoms with Crippen LogP contribution >= 0.6 is 0 Å². The van der Waals surface area contributed by atoms with Crippen molar-refractivity contribution in [3.63, 3.8) is 0 Å². The lowest BCUT2D eigenvalue weighted by atomic mass is 9.84. The summed E-state index contributed by atoms with van der Waals surface area (Å²) in [6, 6.07) is 11.5. The summed E-state index contributed by atoms with van der Waals surface area (Å²) in [5, 5.41) is 16.7. The third-order valence-electron chi connectivity index (χ3n) is 7.32. The van der Waals surface area contributed by atoms with Crippen molar-refractivity contribution in [1.82, 2.24) is 10.6 Å². The lowest BCUT2D eigenvalue weighted by Gasteiger charge is -2.33. The zero-order valence-electron chi connectivity index (χ0n) is 19.4. The highest BCUT2D eigenvalue weighted by molar-refractivity contribution is 6.04. The van der Waals surface area contributed by atoms with E-state index in [-0.39, 0.29) is 29.9 Å². The summed E-state index contributed by atoms with van der Waals surface area (Å²) in [6.07, 6.45) is 10.3. The zero-order valence-corrected chi connectivity index (χ0v) is 19.4. The smallest absolute Gasteiger partial charge is 0.229 e. The number of halogens is 1. The quantitative estimate of drug-likeness (QED) is 0.570. The highest BCUT2D eigenvalue weighted by Gasteiger charge is 2.30. The number of fused-ring (bicyclic) bond motifs is 2. The van der Waals surface area contributed by atoms with Gasteiger partial charge in [0.2, 0.25) is 5.91 Å². The number of hydrogen-bond acceptors (Lipinski definition) is 4. The number of allylic oxidation sites excluding steroid dienone is 1. The fraction of sp³-hybridized carbons (Fsp3) is 0.429. The maximum atomic E-state index is 13.2. The molecule has 2 aromatic carbocycles. The molecular formula is C28H32FN3O2. The second-order valence-electron chi connectivity index (χ2n) is 9.79. The van der Waals surface area contributed by atoms with Crippen molar-refractivity contribution in [2.45, 2.75) is 70.3 Å². The summed E-state index contributed by atoms with van der Waals surface area (Å²) < 4.78 is 13.2. The molecule has 3 N–H and O–H groups in total. The molecule has 0 saturated heterocycles. The minimum atomic E-state index is -0.307. The number of hydrogen-bond donors (Lipinski definition) is 3. The first kappa shape index (κ1) is 22.6. The molecule has 1 saturated carbocycles. The Hall–Kier alpha value is -3.15. The van der Waals surface area contributed by atoms with Gasteiger partial charge in [-0.05, 0) is 73.1 Å². The Morgan fingerprint density at radius 2 is 1.85 bits per heavy atom. The number of aromatic hydroxyl groups is 1. The summed E-state index contributed by atoms with van der Waals surface area (Å²) in [7, 11) is 0. The number of benzene rings is 2. The van der Waals surface area contributed by atoms with Crippen LogP contribution in [-0.4, -0.2) is 22.9 Å². The van der Waals surface area contributed by atoms with E-state index in [1.54, 1.807) is 18.2 Å². The standard InChI is InChI=1S/C28H32FN3O2/c29-21-10-6-19(7-11-21)16-26(34)32-28-25(14-8-18-4-2-1-3-5-18)30-27-23-13-12-22(33)17-20(23)9-15-24(27)31-28/h6-7,10-13,17-18,25,30,33H,1-5,8-9,14-16H2,(H,31,32,34). The summed E-state index contributed by atoms with van der Waals surface area (Å²) in [5.41, 5.74) is 4.95. The summed E-state index contributed by atoms with van der Waals surface area (Å²) in [4.78, 5) is 17.8. The Morgan fingerprint density at radius 3 is 2.65 bits per heavy atom. The molecule has 0 aromatic heterocycles. The highest BCUT2D eigenvalue weighted by atomic mass is 19.1. The fourth-order valence-electron chi connectivity index (χ4n) is 5.48. The molecule has 6 heteroatoms. The zero-order chi connectivity index (χ0) is 23.5. The molecule has 1 heterocycles. The largest absolute Gasteiger partial charge is 0.508 e. The van der Waals surface area contributed by atoms with E-state index in [1.165, 1.54) is 44.2 Å². The molecule has 2 aliphatic carbocycles. The van der Waals surface area contributed by atoms with Crippen molar-refractivity contribution >= 4 is 17.4 Å². The summed E-state index contributed by atoms with van der Waals surface area (Å²) in [6.45, 7) is 0. The van der Waals surface area contributed by atoms with Gasteiger partial charge in [-0.3, -0.25) is 4.79 Å². The molecule has 5 nitrogen and oxygen atoms in total. The van der Waals surface area contributed by atoms with E-state index in [0.29, 0.717) is 5.84 Å². The average molecular weight is 462 g/mol. The Labute approximate surface area is 200 Å². The van der Waals surface area contributed by atoms with Gasteiger partial charge in [0.05, 0.1) is 23.9 Å². The van der Waals surface area contributed by atoms with Gasteiger partial charge in [-0.2, -0.15) is 0 Å². The number of carbonyl (C=O) groups is 1. The van der Waals surface area contributed by atoms with Crippen LogP contribution in [0.5, 0.6) is 5.75 Å². The van der Waals surface area contributed by atoms with Crippen LogP contribution in [0.3, 0.4) is 0 Å². The van der Waals surface area contributed by atoms with E-state index in [2.05, 4.69) is 10.6 Å². The van der Waals surface area contributed by atoms with Crippen molar-refractivity contribution in [3.05, 3.63) is 70.7 Å². The second kappa shape index (κ2) is 10.00. The third kappa shape index (κ3) is 5.16. The van der Waals surface area contributed by atoms with Gasteiger partial charge in [0.1, 0.15) is 17.4 Å². The molecule has 2 aromatic rings. The van der Waals surface area contributed by atoms with E-state index in [0.717, 1.165) is 59.7 Å². The average Bonchev–Trinajstić information content (AvgIpc) is 2.84. The number of nitrogens with zero attached hydrogens (tertiary/aromatic N) is 1. The molecule has 178 valence electrons. The molecule has 1 atom stereocenters. The number of phenolic OH excluding ortho intramolecular Hbond substituents is 1. The fourth-order valence-corrected chi connectivity index (χ4v) is 5.48. The molecule has 1 unspecified atom stereocenters. The summed E-state index contributed by atoms with van der Waals surface area (Å²) >= 11 is 0. The van der Waals surface area contributed by atoms with Crippen LogP contribution < -0.4 is 10.6 Å². The van der Waals surface area contributed by atoms with Crippen LogP contribution in [0.4, 0.5) is 4.39 Å². The lowest BCUT2D eigenvalue weighted by molar-refractivity contribution is -0.119. The van der Waals surface area contributed by atoms with Crippen LogP contribution in [0, 0.1) is 11.7 Å². The lowest BCUT2D eigenvalue weighted by Crippen LogP contribution is -2.49. The molecule has 0 bridgehead atoms. The van der Waals surface area contributed by atoms with Gasteiger partial charge in [-0.1, -0.05) is 44.2 Å². The van der Waals surface area contributed by atoms with Crippen molar-refractivity contribution < 1.29 is 14.3 Å². The Kier molecular flexibility index (Phi) is 6.66. The van der Waals surface area contributed by atoms with Crippen molar-refractivity contribution in [1.29, 1.82) is 0 Å². The van der Waals surface area contributed by atoms with E-state index in [4.69, 9.17) is 4.99 Å². The van der Waals surface area contributed by atoms with Crippen LogP contribution in [0.15, 0.2) is 53.2 Å². The number of amides is 1. The van der Waals surface area contributed by atoms with Gasteiger partial charge in [0.25, 0.3) is 0 Å². The number of aryl methyl sites for hydroxylation is 1. The van der Waals surface area contributed by atoms with Gasteiger partial charge in [-0.15, -0.1) is 0 Å². The first-order chi connectivity index (χ1) is 16.5. The third-order valence-corrected chi connectivity index (χ3v) is 7.32. The molecule has 34 heavy (non-hydrogen) atoms. The molecule has 5 rings (SSSR count). The van der Waals surface area contributed by atoms with Gasteiger partial charge in [-0.25, -0.2) is 9.38 Å². The van der Waals surface area contributed by atoms with E-state index in [1.807, 2.05) is 12.1 Å². The maximum absolute atomic E-state index is 13.2. The van der Waals surface area contributed by atoms with Gasteiger partial charge in [0, 0.05) is 5.56 Å². The number of amidine groups is 1. The number of nitrogens with one attached hydrogen (secondary N) is 2. The molecular weight excluding hydrogens is 429 g/mol. The van der Waals surface area contributed by atoms with Crippen LogP contribution in [0.2, 0.25) is 0 Å². The topological polar surface area (TPSA) is 73.7 Å². The van der Waals surface area contributed by atoms with E-state index in [9.17, 15) is 14.3 Å². The molecule has 1 fully saturated rings. The van der Waals surface area contributed by atoms with E-state index >= 15 is 0 Å². The van der Waals surface area contributed by atoms with Gasteiger partial charge < -0.3 is 15.7 Å². The monoisotopic (exact) mass is 461 g/mol. The second-order valence-corrected chi connectivity index (χ2v) is 9.79. The Balaban J connectivity index is 1.36. The summed E-state index contributed by atoms with van der Waals surface area (Å²) in [5.74, 6) is 1.25. The number of carbonyl (C=O) groups excluding carboxylic acids is 1. The normalized spacial score (nSPS) is 20.1. The maximum Gasteiger partial charge on any atom is 0.229 e. The molecule has 1 aliphatic heterocycles. The van der Waals surface area contributed by atoms with E-state index < -0.39 is 0 Å². The first-order valence-corrected chi connectivity index (χ1v) is 12.5. The minimum absolute atomic E-state index is 0.0717. The van der Waals surface area contributed by atoms with Crippen molar-refractivity contribution in [2.24, 2.45) is 10.9 Å². The van der Waals surface area contributed by atoms with Gasteiger partial charge >= 0.3 is 0 Å². The minimum Gasteiger partial charge on any atom is -0.508 e. The molecule has 1 amide bonds. The van der Waals surface area contributed by atoms with Crippen molar-refractivity contribution in [3.8, 4) is 5.75 Å². The predicted octanol–water partition coefficient (Wildman–Crippen LogP) is 5.24. The van der Waals surface area contributed by atoms with Crippen molar-refractivity contribution in [2.75, 3.05) is 0 Å². The molecule has 3 aliphatic rings.